The maximum absolute atomic E-state index is 12.0. The molecule has 10 heteroatoms. The Labute approximate surface area is 134 Å². The highest BCUT2D eigenvalue weighted by Crippen LogP contribution is 2.32. The average molecular weight is 333 g/mol. The van der Waals surface area contributed by atoms with E-state index in [1.165, 1.54) is 22.6 Å². The Kier molecular flexibility index (Phi) is 3.50. The van der Waals surface area contributed by atoms with Gasteiger partial charge in [0.25, 0.3) is 5.22 Å². The molecule has 0 saturated carbocycles. The number of nitrogens with zero attached hydrogens (tertiary/aromatic N) is 4. The molecule has 1 aliphatic rings. The Balaban J connectivity index is 1.37. The van der Waals surface area contributed by atoms with Gasteiger partial charge in [-0.1, -0.05) is 16.9 Å². The number of anilines is 1. The van der Waals surface area contributed by atoms with Crippen LogP contribution in [0.3, 0.4) is 0 Å². The van der Waals surface area contributed by atoms with E-state index in [1.54, 1.807) is 18.2 Å². The first-order valence-corrected chi connectivity index (χ1v) is 7.76. The molecule has 0 fully saturated rings. The fourth-order valence-electron chi connectivity index (χ4n) is 2.05. The van der Waals surface area contributed by atoms with Crippen molar-refractivity contribution in [3.8, 4) is 11.5 Å². The number of carbonyl (C=O) groups is 1. The number of carbonyl (C=O) groups excluding carboxylic acids is 1. The molecule has 2 aromatic heterocycles. The number of ether oxygens (including phenoxy) is 2. The summed E-state index contributed by atoms with van der Waals surface area (Å²) in [5.41, 5.74) is 0.645. The Hall–Kier alpha value is -2.75. The number of fused-ring (bicyclic) bond motifs is 2. The first kappa shape index (κ1) is 13.9. The van der Waals surface area contributed by atoms with E-state index in [4.69, 9.17) is 13.9 Å². The summed E-state index contributed by atoms with van der Waals surface area (Å²) >= 11 is 1.17. The van der Waals surface area contributed by atoms with Crippen LogP contribution in [0.15, 0.2) is 34.2 Å². The van der Waals surface area contributed by atoms with Crippen molar-refractivity contribution in [2.75, 3.05) is 24.3 Å². The van der Waals surface area contributed by atoms with Crippen LogP contribution in [-0.2, 0) is 4.79 Å². The number of amides is 1. The molecule has 1 aromatic carbocycles. The van der Waals surface area contributed by atoms with Gasteiger partial charge in [-0.15, -0.1) is 10.2 Å². The molecule has 0 radical (unpaired) electrons. The predicted molar refractivity (Wildman–Crippen MR) is 79.8 cm³/mol. The van der Waals surface area contributed by atoms with Crippen molar-refractivity contribution >= 4 is 29.2 Å². The van der Waals surface area contributed by atoms with E-state index in [9.17, 15) is 4.79 Å². The van der Waals surface area contributed by atoms with Gasteiger partial charge in [0, 0.05) is 11.8 Å². The second-order valence-corrected chi connectivity index (χ2v) is 5.55. The van der Waals surface area contributed by atoms with Gasteiger partial charge in [0.15, 0.2) is 11.5 Å². The molecule has 23 heavy (non-hydrogen) atoms. The minimum Gasteiger partial charge on any atom is -0.486 e. The second-order valence-electron chi connectivity index (χ2n) is 4.62. The van der Waals surface area contributed by atoms with Gasteiger partial charge in [0.2, 0.25) is 5.91 Å². The highest BCUT2D eigenvalue weighted by molar-refractivity contribution is 7.99. The Morgan fingerprint density at radius 1 is 1.30 bits per heavy atom. The molecule has 118 valence electrons. The normalized spacial score (nSPS) is 13.2. The molecular formula is C13H11N5O4S. The molecule has 0 saturated heterocycles. The van der Waals surface area contributed by atoms with E-state index in [0.29, 0.717) is 41.5 Å². The van der Waals surface area contributed by atoms with E-state index in [1.807, 2.05) is 0 Å². The Morgan fingerprint density at radius 2 is 2.17 bits per heavy atom. The van der Waals surface area contributed by atoms with Crippen LogP contribution in [0.4, 0.5) is 5.69 Å². The summed E-state index contributed by atoms with van der Waals surface area (Å²) in [5.74, 6) is 1.58. The SMILES string of the molecule is O=C(CSc1nn2cnnc2o1)Nc1ccc2c(c1)OCCO2. The van der Waals surface area contributed by atoms with Crippen molar-refractivity contribution in [1.29, 1.82) is 0 Å². The monoisotopic (exact) mass is 333 g/mol. The minimum atomic E-state index is -0.180. The molecule has 0 unspecified atom stereocenters. The minimum absolute atomic E-state index is 0.158. The smallest absolute Gasteiger partial charge is 0.345 e. The molecule has 4 rings (SSSR count). The first-order valence-electron chi connectivity index (χ1n) is 6.77. The average Bonchev–Trinajstić information content (AvgIpc) is 3.14. The summed E-state index contributed by atoms with van der Waals surface area (Å²) in [6.07, 6.45) is 1.43. The Morgan fingerprint density at radius 3 is 3.04 bits per heavy atom. The van der Waals surface area contributed by atoms with Crippen molar-refractivity contribution in [2.24, 2.45) is 0 Å². The van der Waals surface area contributed by atoms with Crippen LogP contribution in [0.2, 0.25) is 0 Å². The highest BCUT2D eigenvalue weighted by atomic mass is 32.2. The van der Waals surface area contributed by atoms with Gasteiger partial charge >= 0.3 is 5.84 Å². The molecule has 0 bridgehead atoms. The second kappa shape index (κ2) is 5.80. The van der Waals surface area contributed by atoms with E-state index in [0.717, 1.165) is 0 Å². The summed E-state index contributed by atoms with van der Waals surface area (Å²) in [5, 5.41) is 14.6. The van der Waals surface area contributed by atoms with Crippen molar-refractivity contribution < 1.29 is 18.7 Å². The molecular weight excluding hydrogens is 322 g/mol. The number of hydrogen-bond donors (Lipinski definition) is 1. The fourth-order valence-corrected chi connectivity index (χ4v) is 2.65. The van der Waals surface area contributed by atoms with E-state index < -0.39 is 0 Å². The standard InChI is InChI=1S/C13H11N5O4S/c19-11(6-23-13-17-18-7-14-16-12(18)22-13)15-8-1-2-9-10(5-8)21-4-3-20-9/h1-2,5,7H,3-4,6H2,(H,15,19). The molecule has 9 nitrogen and oxygen atoms in total. The van der Waals surface area contributed by atoms with Crippen molar-refractivity contribution in [3.63, 3.8) is 0 Å². The van der Waals surface area contributed by atoms with Crippen LogP contribution in [-0.4, -0.2) is 44.7 Å². The lowest BCUT2D eigenvalue weighted by molar-refractivity contribution is -0.113. The first-order chi connectivity index (χ1) is 11.3. The van der Waals surface area contributed by atoms with Crippen molar-refractivity contribution in [2.45, 2.75) is 5.22 Å². The maximum Gasteiger partial charge on any atom is 0.345 e. The van der Waals surface area contributed by atoms with Gasteiger partial charge in [0.1, 0.15) is 19.5 Å². The van der Waals surface area contributed by atoms with Crippen LogP contribution in [0.1, 0.15) is 0 Å². The van der Waals surface area contributed by atoms with Crippen LogP contribution in [0, 0.1) is 0 Å². The van der Waals surface area contributed by atoms with Gasteiger partial charge in [-0.2, -0.15) is 4.52 Å². The van der Waals surface area contributed by atoms with Gasteiger partial charge in [-0.25, -0.2) is 0 Å². The van der Waals surface area contributed by atoms with Crippen LogP contribution >= 0.6 is 11.8 Å². The fraction of sp³-hybridized carbons (Fsp3) is 0.231. The molecule has 1 N–H and O–H groups in total. The molecule has 3 heterocycles. The zero-order valence-electron chi connectivity index (χ0n) is 11.8. The largest absolute Gasteiger partial charge is 0.486 e. The van der Waals surface area contributed by atoms with E-state index in [-0.39, 0.29) is 11.7 Å². The van der Waals surface area contributed by atoms with Gasteiger partial charge in [-0.3, -0.25) is 4.79 Å². The molecule has 1 aliphatic heterocycles. The number of aromatic nitrogens is 4. The lowest BCUT2D eigenvalue weighted by atomic mass is 10.2. The van der Waals surface area contributed by atoms with Gasteiger partial charge < -0.3 is 19.2 Å². The third kappa shape index (κ3) is 2.93. The molecule has 0 spiro atoms. The summed E-state index contributed by atoms with van der Waals surface area (Å²) in [7, 11) is 0. The van der Waals surface area contributed by atoms with Crippen molar-refractivity contribution in [1.82, 2.24) is 19.8 Å². The lowest BCUT2D eigenvalue weighted by Gasteiger charge is -2.18. The van der Waals surface area contributed by atoms with Crippen LogP contribution in [0.5, 0.6) is 11.5 Å². The van der Waals surface area contributed by atoms with Crippen molar-refractivity contribution in [3.05, 3.63) is 24.5 Å². The topological polar surface area (TPSA) is 104 Å². The Bertz CT molecular complexity index is 833. The maximum atomic E-state index is 12.0. The summed E-state index contributed by atoms with van der Waals surface area (Å²) < 4.78 is 17.6. The number of nitrogens with one attached hydrogen (secondary N) is 1. The van der Waals surface area contributed by atoms with Crippen LogP contribution < -0.4 is 14.8 Å². The number of rotatable bonds is 4. The molecule has 1 amide bonds. The van der Waals surface area contributed by atoms with E-state index >= 15 is 0 Å². The van der Waals surface area contributed by atoms with Gasteiger partial charge in [-0.05, 0) is 12.1 Å². The summed E-state index contributed by atoms with van der Waals surface area (Å²) in [6, 6.07) is 5.27. The summed E-state index contributed by atoms with van der Waals surface area (Å²) in [6.45, 7) is 1.03. The third-order valence-corrected chi connectivity index (χ3v) is 3.84. The quantitative estimate of drug-likeness (QED) is 0.711. The molecule has 0 atom stereocenters. The lowest BCUT2D eigenvalue weighted by Crippen LogP contribution is -2.17. The molecule has 3 aromatic rings. The van der Waals surface area contributed by atoms with E-state index in [2.05, 4.69) is 20.6 Å². The zero-order chi connectivity index (χ0) is 15.6. The highest BCUT2D eigenvalue weighted by Gasteiger charge is 2.14. The third-order valence-electron chi connectivity index (χ3n) is 3.02. The van der Waals surface area contributed by atoms with Crippen LogP contribution in [0.25, 0.3) is 5.84 Å². The van der Waals surface area contributed by atoms with Gasteiger partial charge in [0.05, 0.1) is 5.75 Å². The predicted octanol–water partition coefficient (Wildman–Crippen LogP) is 1.22. The number of benzene rings is 1. The molecule has 0 aliphatic carbocycles. The number of thioether (sulfide) groups is 1. The number of hydrogen-bond acceptors (Lipinski definition) is 8. The summed E-state index contributed by atoms with van der Waals surface area (Å²) in [4.78, 5) is 12.0. The zero-order valence-corrected chi connectivity index (χ0v) is 12.6.